The molecule has 1 aromatic rings. The Morgan fingerprint density at radius 1 is 1.23 bits per heavy atom. The summed E-state index contributed by atoms with van der Waals surface area (Å²) in [4.78, 5) is 5.90. The van der Waals surface area contributed by atoms with Crippen molar-refractivity contribution >= 4 is 35.6 Å². The molecule has 1 heterocycles. The van der Waals surface area contributed by atoms with E-state index in [0.717, 1.165) is 12.1 Å². The van der Waals surface area contributed by atoms with E-state index in [1.807, 2.05) is 31.1 Å². The van der Waals surface area contributed by atoms with Crippen molar-refractivity contribution in [3.8, 4) is 0 Å². The Morgan fingerprint density at radius 3 is 2.08 bits per heavy atom. The highest BCUT2D eigenvalue weighted by Gasteiger charge is 1.99. The lowest BCUT2D eigenvalue weighted by molar-refractivity contribution is 0.402. The minimum absolute atomic E-state index is 0. The molecule has 2 nitrogen and oxygen atoms in total. The fraction of sp³-hybridized carbons (Fsp3) is 0.375. The number of rotatable bonds is 2. The van der Waals surface area contributed by atoms with Gasteiger partial charge in [-0.1, -0.05) is 23.2 Å². The zero-order chi connectivity index (χ0) is 9.14. The Bertz CT molecular complexity index is 256. The zero-order valence-electron chi connectivity index (χ0n) is 7.42. The van der Waals surface area contributed by atoms with Crippen LogP contribution in [0.15, 0.2) is 12.1 Å². The number of pyridine rings is 1. The molecule has 0 atom stereocenters. The maximum absolute atomic E-state index is 5.72. The van der Waals surface area contributed by atoms with E-state index in [-0.39, 0.29) is 12.4 Å². The molecular formula is C8H11Cl3N2. The molecule has 0 fully saturated rings. The Labute approximate surface area is 94.3 Å². The van der Waals surface area contributed by atoms with Gasteiger partial charge >= 0.3 is 0 Å². The molecule has 0 aliphatic carbocycles. The Kier molecular flexibility index (Phi) is 5.65. The number of halogens is 3. The smallest absolute Gasteiger partial charge is 0.131 e. The first kappa shape index (κ1) is 13.0. The molecule has 74 valence electrons. The lowest BCUT2D eigenvalue weighted by Crippen LogP contribution is -2.10. The molecule has 0 N–H and O–H groups in total. The third-order valence-corrected chi connectivity index (χ3v) is 1.71. The van der Waals surface area contributed by atoms with Crippen LogP contribution in [-0.4, -0.2) is 24.0 Å². The first-order valence-electron chi connectivity index (χ1n) is 3.54. The van der Waals surface area contributed by atoms with Gasteiger partial charge in [0.2, 0.25) is 0 Å². The maximum Gasteiger partial charge on any atom is 0.131 e. The second kappa shape index (κ2) is 5.66. The molecule has 5 heteroatoms. The lowest BCUT2D eigenvalue weighted by atomic mass is 10.2. The topological polar surface area (TPSA) is 16.1 Å². The van der Waals surface area contributed by atoms with Gasteiger partial charge in [-0.2, -0.15) is 0 Å². The van der Waals surface area contributed by atoms with Gasteiger partial charge in [0.05, 0.1) is 0 Å². The molecule has 0 unspecified atom stereocenters. The maximum atomic E-state index is 5.72. The summed E-state index contributed by atoms with van der Waals surface area (Å²) in [6, 6.07) is 3.63. The summed E-state index contributed by atoms with van der Waals surface area (Å²) in [5.74, 6) is 0. The number of nitrogens with zero attached hydrogens (tertiary/aromatic N) is 2. The summed E-state index contributed by atoms with van der Waals surface area (Å²) in [5, 5.41) is 0.888. The van der Waals surface area contributed by atoms with Crippen LogP contribution in [0.5, 0.6) is 0 Å². The van der Waals surface area contributed by atoms with Crippen LogP contribution in [0.2, 0.25) is 10.3 Å². The summed E-state index contributed by atoms with van der Waals surface area (Å²) in [6.07, 6.45) is 0. The van der Waals surface area contributed by atoms with Crippen molar-refractivity contribution in [2.45, 2.75) is 6.54 Å². The van der Waals surface area contributed by atoms with Crippen LogP contribution in [0.1, 0.15) is 5.56 Å². The van der Waals surface area contributed by atoms with Gasteiger partial charge < -0.3 is 4.90 Å². The number of aromatic nitrogens is 1. The minimum Gasteiger partial charge on any atom is -0.305 e. The van der Waals surface area contributed by atoms with E-state index in [1.54, 1.807) is 0 Å². The predicted molar refractivity (Wildman–Crippen MR) is 58.9 cm³/mol. The Morgan fingerprint density at radius 2 is 1.69 bits per heavy atom. The molecular weight excluding hydrogens is 230 g/mol. The standard InChI is InChI=1S/C8H10Cl2N2.ClH/c1-12(2)5-6-3-7(9)11-8(10)4-6;/h3-4H,5H2,1-2H3;1H. The molecule has 0 spiro atoms. The van der Waals surface area contributed by atoms with Crippen LogP contribution in [0, 0.1) is 0 Å². The van der Waals surface area contributed by atoms with Crippen molar-refractivity contribution < 1.29 is 0 Å². The molecule has 0 radical (unpaired) electrons. The molecule has 0 aromatic carbocycles. The van der Waals surface area contributed by atoms with Crippen molar-refractivity contribution in [1.82, 2.24) is 9.88 Å². The van der Waals surface area contributed by atoms with E-state index < -0.39 is 0 Å². The van der Waals surface area contributed by atoms with Crippen LogP contribution >= 0.6 is 35.6 Å². The largest absolute Gasteiger partial charge is 0.305 e. The van der Waals surface area contributed by atoms with E-state index in [2.05, 4.69) is 4.98 Å². The second-order valence-electron chi connectivity index (χ2n) is 2.86. The van der Waals surface area contributed by atoms with E-state index in [1.165, 1.54) is 0 Å². The van der Waals surface area contributed by atoms with Gasteiger partial charge in [-0.05, 0) is 31.8 Å². The van der Waals surface area contributed by atoms with Gasteiger partial charge in [0, 0.05) is 6.54 Å². The van der Waals surface area contributed by atoms with Gasteiger partial charge in [0.15, 0.2) is 0 Å². The van der Waals surface area contributed by atoms with E-state index in [4.69, 9.17) is 23.2 Å². The summed E-state index contributed by atoms with van der Waals surface area (Å²) in [5.41, 5.74) is 1.07. The monoisotopic (exact) mass is 240 g/mol. The normalized spacial score (nSPS) is 9.92. The van der Waals surface area contributed by atoms with Crippen LogP contribution in [0.25, 0.3) is 0 Å². The Balaban J connectivity index is 0.00000144. The van der Waals surface area contributed by atoms with Crippen molar-refractivity contribution in [3.63, 3.8) is 0 Å². The third-order valence-electron chi connectivity index (χ3n) is 1.32. The molecule has 1 rings (SSSR count). The fourth-order valence-corrected chi connectivity index (χ4v) is 1.48. The molecule has 0 aliphatic heterocycles. The molecule has 0 amide bonds. The van der Waals surface area contributed by atoms with Gasteiger partial charge in [0.1, 0.15) is 10.3 Å². The van der Waals surface area contributed by atoms with Crippen LogP contribution in [0.4, 0.5) is 0 Å². The summed E-state index contributed by atoms with van der Waals surface area (Å²) >= 11 is 11.4. The van der Waals surface area contributed by atoms with Crippen LogP contribution in [0.3, 0.4) is 0 Å². The number of hydrogen-bond donors (Lipinski definition) is 0. The predicted octanol–water partition coefficient (Wildman–Crippen LogP) is 2.87. The van der Waals surface area contributed by atoms with Crippen molar-refractivity contribution in [1.29, 1.82) is 0 Å². The van der Waals surface area contributed by atoms with Gasteiger partial charge in [0.25, 0.3) is 0 Å². The Hall–Kier alpha value is -0.0200. The first-order chi connectivity index (χ1) is 5.58. The summed E-state index contributed by atoms with van der Waals surface area (Å²) in [7, 11) is 3.98. The fourth-order valence-electron chi connectivity index (χ4n) is 0.971. The molecule has 0 aliphatic rings. The molecule has 0 saturated carbocycles. The molecule has 13 heavy (non-hydrogen) atoms. The lowest BCUT2D eigenvalue weighted by Gasteiger charge is -2.09. The molecule has 1 aromatic heterocycles. The average molecular weight is 242 g/mol. The zero-order valence-corrected chi connectivity index (χ0v) is 9.75. The highest BCUT2D eigenvalue weighted by Crippen LogP contribution is 2.15. The molecule has 0 bridgehead atoms. The second-order valence-corrected chi connectivity index (χ2v) is 3.63. The first-order valence-corrected chi connectivity index (χ1v) is 4.30. The van der Waals surface area contributed by atoms with Crippen molar-refractivity contribution in [3.05, 3.63) is 28.0 Å². The molecule has 0 saturated heterocycles. The van der Waals surface area contributed by atoms with Crippen LogP contribution < -0.4 is 0 Å². The SMILES string of the molecule is CN(C)Cc1cc(Cl)nc(Cl)c1.Cl. The highest BCUT2D eigenvalue weighted by molar-refractivity contribution is 6.32. The van der Waals surface area contributed by atoms with E-state index in [9.17, 15) is 0 Å². The van der Waals surface area contributed by atoms with Crippen molar-refractivity contribution in [2.75, 3.05) is 14.1 Å². The van der Waals surface area contributed by atoms with Crippen LogP contribution in [-0.2, 0) is 6.54 Å². The highest BCUT2D eigenvalue weighted by atomic mass is 35.5. The van der Waals surface area contributed by atoms with Gasteiger partial charge in [-0.3, -0.25) is 0 Å². The average Bonchev–Trinajstić information content (AvgIpc) is 1.81. The van der Waals surface area contributed by atoms with E-state index in [0.29, 0.717) is 10.3 Å². The van der Waals surface area contributed by atoms with Gasteiger partial charge in [-0.25, -0.2) is 4.98 Å². The minimum atomic E-state index is 0. The van der Waals surface area contributed by atoms with E-state index >= 15 is 0 Å². The summed E-state index contributed by atoms with van der Waals surface area (Å²) in [6.45, 7) is 0.821. The van der Waals surface area contributed by atoms with Crippen molar-refractivity contribution in [2.24, 2.45) is 0 Å². The summed E-state index contributed by atoms with van der Waals surface area (Å²) < 4.78 is 0. The quantitative estimate of drug-likeness (QED) is 0.740. The van der Waals surface area contributed by atoms with Gasteiger partial charge in [-0.15, -0.1) is 12.4 Å². The third kappa shape index (κ3) is 4.67. The number of hydrogen-bond acceptors (Lipinski definition) is 2.